The van der Waals surface area contributed by atoms with E-state index in [9.17, 15) is 18.3 Å². The monoisotopic (exact) mass is 794 g/mol. The van der Waals surface area contributed by atoms with Gasteiger partial charge in [0.15, 0.2) is 6.61 Å². The number of carboxylic acids is 1. The maximum atomic E-state index is 14.3. The van der Waals surface area contributed by atoms with E-state index in [0.29, 0.717) is 12.2 Å². The van der Waals surface area contributed by atoms with Gasteiger partial charge in [0.2, 0.25) is 10.0 Å². The van der Waals surface area contributed by atoms with Crippen LogP contribution in [0.4, 0.5) is 0 Å². The second-order valence-corrected chi connectivity index (χ2v) is 17.4. The second-order valence-electron chi connectivity index (χ2n) is 14.4. The van der Waals surface area contributed by atoms with Crippen LogP contribution in [0.3, 0.4) is 0 Å². The lowest BCUT2D eigenvalue weighted by Gasteiger charge is -2.43. The van der Waals surface area contributed by atoms with Crippen molar-refractivity contribution in [1.82, 2.24) is 9.29 Å². The van der Waals surface area contributed by atoms with Crippen molar-refractivity contribution in [3.63, 3.8) is 0 Å². The number of hydrogen-bond donors (Lipinski definition) is 1. The molecule has 4 atom stereocenters. The lowest BCUT2D eigenvalue weighted by Crippen LogP contribution is -2.36. The van der Waals surface area contributed by atoms with Crippen molar-refractivity contribution in [2.75, 3.05) is 20.8 Å². The Hall–Kier alpha value is -4.65. The van der Waals surface area contributed by atoms with E-state index in [1.807, 2.05) is 54.8 Å². The zero-order chi connectivity index (χ0) is 39.8. The summed E-state index contributed by atoms with van der Waals surface area (Å²) in [5, 5.41) is 12.4. The number of carbonyl (C=O) groups is 1. The molecule has 11 heteroatoms. The molecule has 1 saturated heterocycles. The van der Waals surface area contributed by atoms with E-state index in [4.69, 9.17) is 14.2 Å². The van der Waals surface area contributed by atoms with Gasteiger partial charge in [-0.05, 0) is 66.3 Å². The van der Waals surface area contributed by atoms with Gasteiger partial charge in [-0.1, -0.05) is 105 Å². The van der Waals surface area contributed by atoms with Crippen molar-refractivity contribution >= 4 is 27.3 Å². The van der Waals surface area contributed by atoms with Crippen LogP contribution in [0, 0.1) is 5.92 Å². The number of rotatable bonds is 17. The number of hydrogen-bond acceptors (Lipinski definition) is 8. The number of carboxylic acid groups (broad SMARTS) is 1. The lowest BCUT2D eigenvalue weighted by atomic mass is 9.74. The molecule has 294 valence electrons. The smallest absolute Gasteiger partial charge is 0.341 e. The molecule has 2 heterocycles. The minimum Gasteiger partial charge on any atom is -0.482 e. The van der Waals surface area contributed by atoms with Gasteiger partial charge in [0.05, 0.1) is 29.4 Å². The number of unbranched alkanes of at least 4 members (excludes halogenated alkanes) is 1. The SMILES string of the molecule is C=C(C)[C@@H]1C[C@@H](c2ccc(-c3ccccc3)cc2)[C@@H](CCCC)O[C@H]1c1cc(S(=O)(=O)N(C)Cc2cccc(-c3csc(COC)n3)c2)ccc1OCC(=O)O. The van der Waals surface area contributed by atoms with Crippen molar-refractivity contribution in [3.05, 3.63) is 136 Å². The summed E-state index contributed by atoms with van der Waals surface area (Å²) in [6.07, 6.45) is 2.67. The van der Waals surface area contributed by atoms with E-state index < -0.39 is 28.7 Å². The Bertz CT molecular complexity index is 2220. The highest BCUT2D eigenvalue weighted by atomic mass is 32.2. The Balaban J connectivity index is 1.31. The lowest BCUT2D eigenvalue weighted by molar-refractivity contribution is -0.139. The van der Waals surface area contributed by atoms with Gasteiger partial charge in [-0.25, -0.2) is 18.2 Å². The Morgan fingerprint density at radius 3 is 2.43 bits per heavy atom. The fraction of sp³-hybridized carbons (Fsp3) is 0.333. The molecule has 6 rings (SSSR count). The van der Waals surface area contributed by atoms with Gasteiger partial charge in [-0.2, -0.15) is 4.31 Å². The van der Waals surface area contributed by atoms with Crippen molar-refractivity contribution in [1.29, 1.82) is 0 Å². The molecule has 9 nitrogen and oxygen atoms in total. The molecule has 1 aliphatic rings. The summed E-state index contributed by atoms with van der Waals surface area (Å²) in [5.41, 5.74) is 7.33. The van der Waals surface area contributed by atoms with Gasteiger partial charge in [-0.3, -0.25) is 0 Å². The van der Waals surface area contributed by atoms with Crippen molar-refractivity contribution in [3.8, 4) is 28.1 Å². The highest BCUT2D eigenvalue weighted by molar-refractivity contribution is 7.89. The zero-order valence-corrected chi connectivity index (χ0v) is 34.0. The number of benzene rings is 4. The van der Waals surface area contributed by atoms with Gasteiger partial charge in [0, 0.05) is 49.0 Å². The maximum Gasteiger partial charge on any atom is 0.341 e. The van der Waals surface area contributed by atoms with E-state index in [1.165, 1.54) is 27.3 Å². The van der Waals surface area contributed by atoms with Crippen LogP contribution >= 0.6 is 11.3 Å². The number of nitrogens with zero attached hydrogens (tertiary/aromatic N) is 2. The number of aliphatic carboxylic acids is 1. The quantitative estimate of drug-likeness (QED) is 0.0926. The molecule has 0 saturated carbocycles. The molecule has 56 heavy (non-hydrogen) atoms. The largest absolute Gasteiger partial charge is 0.482 e. The first-order valence-corrected chi connectivity index (χ1v) is 21.2. The van der Waals surface area contributed by atoms with Crippen LogP contribution in [0.5, 0.6) is 5.75 Å². The van der Waals surface area contributed by atoms with E-state index in [0.717, 1.165) is 64.2 Å². The first-order chi connectivity index (χ1) is 27.0. The van der Waals surface area contributed by atoms with Gasteiger partial charge in [0.25, 0.3) is 0 Å². The predicted octanol–water partition coefficient (Wildman–Crippen LogP) is 9.90. The van der Waals surface area contributed by atoms with E-state index >= 15 is 0 Å². The average molecular weight is 795 g/mol. The standard InChI is InChI=1S/C45H50N2O7S2/c1-6-7-16-42-38(34-19-17-33(18-20-34)32-13-9-8-10-14-32)25-37(30(2)3)45(54-42)39-24-36(21-22-41(39)53-28-44(48)49)56(50,51)47(4)26-31-12-11-15-35(23-31)40-29-55-43(46-40)27-52-5/h8-15,17-24,29,37-38,42,45H,2,6-7,16,25-28H2,1,3-5H3,(H,48,49)/t37-,38-,42+,45+/m0/s1. The molecule has 0 unspecified atom stereocenters. The molecule has 0 radical (unpaired) electrons. The summed E-state index contributed by atoms with van der Waals surface area (Å²) in [6.45, 7) is 8.44. The van der Waals surface area contributed by atoms with Crippen LogP contribution < -0.4 is 4.74 Å². The van der Waals surface area contributed by atoms with Crippen LogP contribution in [0.15, 0.2) is 119 Å². The molecule has 4 aromatic carbocycles. The van der Waals surface area contributed by atoms with E-state index in [2.05, 4.69) is 54.9 Å². The van der Waals surface area contributed by atoms with E-state index in [-0.39, 0.29) is 35.1 Å². The summed E-state index contributed by atoms with van der Waals surface area (Å²) in [5.74, 6) is -0.998. The number of aromatic nitrogens is 1. The van der Waals surface area contributed by atoms with Crippen molar-refractivity contribution in [2.45, 2.75) is 75.7 Å². The summed E-state index contributed by atoms with van der Waals surface area (Å²) in [7, 11) is -0.836. The Morgan fingerprint density at radius 1 is 1.00 bits per heavy atom. The summed E-state index contributed by atoms with van der Waals surface area (Å²) >= 11 is 1.51. The number of sulfonamides is 1. The third-order valence-electron chi connectivity index (χ3n) is 10.4. The fourth-order valence-electron chi connectivity index (χ4n) is 7.42. The fourth-order valence-corrected chi connectivity index (χ4v) is 9.39. The molecule has 0 spiro atoms. The van der Waals surface area contributed by atoms with Crippen LogP contribution in [-0.4, -0.2) is 55.7 Å². The second kappa shape index (κ2) is 18.5. The number of ether oxygens (including phenoxy) is 3. The van der Waals surface area contributed by atoms with Crippen molar-refractivity contribution < 1.29 is 32.5 Å². The van der Waals surface area contributed by atoms with Gasteiger partial charge in [-0.15, -0.1) is 11.3 Å². The van der Waals surface area contributed by atoms with Gasteiger partial charge >= 0.3 is 5.97 Å². The summed E-state index contributed by atoms with van der Waals surface area (Å²) in [4.78, 5) is 16.4. The molecular formula is C45H50N2O7S2. The first kappa shape index (κ1) is 41.0. The molecule has 1 fully saturated rings. The molecule has 1 aliphatic heterocycles. The Morgan fingerprint density at radius 2 is 1.73 bits per heavy atom. The third kappa shape index (κ3) is 9.65. The highest BCUT2D eigenvalue weighted by Crippen LogP contribution is 2.50. The molecule has 1 aromatic heterocycles. The minimum absolute atomic E-state index is 0.0605. The summed E-state index contributed by atoms with van der Waals surface area (Å²) < 4.78 is 48.0. The maximum absolute atomic E-state index is 14.3. The topological polar surface area (TPSA) is 115 Å². The Kier molecular flexibility index (Phi) is 13.6. The molecule has 0 aliphatic carbocycles. The minimum atomic E-state index is -4.02. The molecule has 5 aromatic rings. The van der Waals surface area contributed by atoms with Gasteiger partial charge in [0.1, 0.15) is 10.8 Å². The predicted molar refractivity (Wildman–Crippen MR) is 221 cm³/mol. The van der Waals surface area contributed by atoms with Crippen LogP contribution in [-0.2, 0) is 37.4 Å². The first-order valence-electron chi connectivity index (χ1n) is 18.9. The molecule has 0 amide bonds. The van der Waals surface area contributed by atoms with Crippen LogP contribution in [0.25, 0.3) is 22.4 Å². The number of methoxy groups -OCH3 is 1. The normalized spacial score (nSPS) is 18.5. The third-order valence-corrected chi connectivity index (χ3v) is 13.0. The number of thiazole rings is 1. The summed E-state index contributed by atoms with van der Waals surface area (Å²) in [6, 6.07) is 31.2. The van der Waals surface area contributed by atoms with E-state index in [1.54, 1.807) is 26.3 Å². The van der Waals surface area contributed by atoms with Gasteiger partial charge < -0.3 is 19.3 Å². The molecule has 0 bridgehead atoms. The molecule has 1 N–H and O–H groups in total. The highest BCUT2D eigenvalue weighted by Gasteiger charge is 2.41. The van der Waals surface area contributed by atoms with Crippen molar-refractivity contribution in [2.24, 2.45) is 5.92 Å². The van der Waals surface area contributed by atoms with Crippen LogP contribution in [0.2, 0.25) is 0 Å². The Labute approximate surface area is 334 Å². The van der Waals surface area contributed by atoms with Crippen LogP contribution in [0.1, 0.15) is 73.3 Å². The zero-order valence-electron chi connectivity index (χ0n) is 32.4. The molecular weight excluding hydrogens is 745 g/mol. The average Bonchev–Trinajstić information content (AvgIpc) is 3.68.